The number of thiophene rings is 1. The Bertz CT molecular complexity index is 530. The summed E-state index contributed by atoms with van der Waals surface area (Å²) < 4.78 is 14.8. The largest absolute Gasteiger partial charge is 0.329 e. The molecule has 0 bridgehead atoms. The van der Waals surface area contributed by atoms with Gasteiger partial charge in [0.05, 0.1) is 0 Å². The topological polar surface area (TPSA) is 29.3 Å². The molecule has 0 aliphatic rings. The number of benzene rings is 1. The van der Waals surface area contributed by atoms with Crippen LogP contribution in [-0.2, 0) is 6.54 Å². The monoisotopic (exact) mass is 342 g/mol. The van der Waals surface area contributed by atoms with Gasteiger partial charge in [-0.3, -0.25) is 4.90 Å². The Morgan fingerprint density at radius 3 is 2.84 bits per heavy atom. The Hall–Kier alpha value is -0.750. The van der Waals surface area contributed by atoms with Crippen LogP contribution in [0.1, 0.15) is 17.2 Å². The first-order valence-electron chi connectivity index (χ1n) is 5.98. The van der Waals surface area contributed by atoms with E-state index in [4.69, 9.17) is 5.73 Å². The van der Waals surface area contributed by atoms with Crippen molar-refractivity contribution in [2.24, 2.45) is 5.73 Å². The van der Waals surface area contributed by atoms with Crippen LogP contribution in [0.4, 0.5) is 4.39 Å². The van der Waals surface area contributed by atoms with Gasteiger partial charge in [-0.1, -0.05) is 15.9 Å². The number of halogens is 2. The number of rotatable bonds is 5. The van der Waals surface area contributed by atoms with E-state index in [1.165, 1.54) is 11.6 Å². The number of hydrogen-bond donors (Lipinski definition) is 1. The first kappa shape index (κ1) is 14.7. The average Bonchev–Trinajstić information content (AvgIpc) is 2.87. The van der Waals surface area contributed by atoms with E-state index in [1.54, 1.807) is 23.5 Å². The minimum atomic E-state index is -0.212. The third-order valence-electron chi connectivity index (χ3n) is 3.08. The van der Waals surface area contributed by atoms with Crippen molar-refractivity contribution >= 4 is 27.3 Å². The molecule has 2 rings (SSSR count). The van der Waals surface area contributed by atoms with Gasteiger partial charge >= 0.3 is 0 Å². The van der Waals surface area contributed by atoms with Gasteiger partial charge in [-0.2, -0.15) is 11.3 Å². The van der Waals surface area contributed by atoms with Crippen LogP contribution in [0.2, 0.25) is 0 Å². The van der Waals surface area contributed by atoms with Crippen molar-refractivity contribution in [1.29, 1.82) is 0 Å². The molecule has 2 aromatic rings. The highest BCUT2D eigenvalue weighted by Crippen LogP contribution is 2.26. The van der Waals surface area contributed by atoms with Crippen LogP contribution in [-0.4, -0.2) is 18.5 Å². The fourth-order valence-corrected chi connectivity index (χ4v) is 3.13. The highest BCUT2D eigenvalue weighted by atomic mass is 79.9. The van der Waals surface area contributed by atoms with Crippen molar-refractivity contribution in [1.82, 2.24) is 4.90 Å². The van der Waals surface area contributed by atoms with Crippen LogP contribution in [0.25, 0.3) is 0 Å². The lowest BCUT2D eigenvalue weighted by molar-refractivity contribution is 0.237. The minimum absolute atomic E-state index is 0.127. The van der Waals surface area contributed by atoms with E-state index in [9.17, 15) is 4.39 Å². The fraction of sp³-hybridized carbons (Fsp3) is 0.286. The van der Waals surface area contributed by atoms with E-state index in [0.717, 1.165) is 11.0 Å². The molecule has 0 radical (unpaired) electrons. The zero-order valence-corrected chi connectivity index (χ0v) is 13.0. The first-order chi connectivity index (χ1) is 9.11. The summed E-state index contributed by atoms with van der Waals surface area (Å²) >= 11 is 5.04. The van der Waals surface area contributed by atoms with Gasteiger partial charge in [0, 0.05) is 29.2 Å². The molecule has 1 heterocycles. The molecule has 0 fully saturated rings. The maximum atomic E-state index is 13.9. The van der Waals surface area contributed by atoms with Crippen LogP contribution in [0.15, 0.2) is 39.5 Å². The van der Waals surface area contributed by atoms with Crippen LogP contribution in [0, 0.1) is 5.82 Å². The molecule has 0 saturated heterocycles. The predicted molar refractivity (Wildman–Crippen MR) is 81.7 cm³/mol. The molecule has 0 aliphatic carbocycles. The van der Waals surface area contributed by atoms with Crippen LogP contribution in [0.3, 0.4) is 0 Å². The maximum Gasteiger partial charge on any atom is 0.128 e. The quantitative estimate of drug-likeness (QED) is 0.895. The molecular formula is C14H16BrFN2S. The Morgan fingerprint density at radius 2 is 2.21 bits per heavy atom. The Balaban J connectivity index is 2.21. The molecule has 0 amide bonds. The third-order valence-corrected chi connectivity index (χ3v) is 4.31. The van der Waals surface area contributed by atoms with Gasteiger partial charge in [-0.15, -0.1) is 0 Å². The summed E-state index contributed by atoms with van der Waals surface area (Å²) in [6, 6.07) is 6.92. The van der Waals surface area contributed by atoms with Gasteiger partial charge in [0.25, 0.3) is 0 Å². The molecule has 1 aromatic carbocycles. The predicted octanol–water partition coefficient (Wildman–Crippen LogP) is 3.78. The molecule has 2 N–H and O–H groups in total. The molecule has 1 unspecified atom stereocenters. The number of nitrogens with zero attached hydrogens (tertiary/aromatic N) is 1. The summed E-state index contributed by atoms with van der Waals surface area (Å²) in [6.07, 6.45) is 0. The maximum absolute atomic E-state index is 13.9. The molecule has 5 heteroatoms. The van der Waals surface area contributed by atoms with Crippen molar-refractivity contribution in [3.8, 4) is 0 Å². The third kappa shape index (κ3) is 3.63. The van der Waals surface area contributed by atoms with Gasteiger partial charge in [0.15, 0.2) is 0 Å². The van der Waals surface area contributed by atoms with Gasteiger partial charge < -0.3 is 5.73 Å². The summed E-state index contributed by atoms with van der Waals surface area (Å²) in [5.74, 6) is -0.212. The van der Waals surface area contributed by atoms with E-state index in [1.807, 2.05) is 12.4 Å². The van der Waals surface area contributed by atoms with Crippen molar-refractivity contribution in [2.45, 2.75) is 12.6 Å². The van der Waals surface area contributed by atoms with Gasteiger partial charge in [0.1, 0.15) is 5.82 Å². The summed E-state index contributed by atoms with van der Waals surface area (Å²) in [6.45, 7) is 1.14. The van der Waals surface area contributed by atoms with Gasteiger partial charge in [-0.05, 0) is 47.6 Å². The molecule has 1 aromatic heterocycles. The van der Waals surface area contributed by atoms with Crippen molar-refractivity contribution in [3.05, 3.63) is 56.4 Å². The molecular weight excluding hydrogens is 327 g/mol. The molecule has 102 valence electrons. The SMILES string of the molecule is CN(Cc1ccsc1)C(CN)c1cc(Br)ccc1F. The molecule has 1 atom stereocenters. The average molecular weight is 343 g/mol. The first-order valence-corrected chi connectivity index (χ1v) is 7.71. The number of hydrogen-bond acceptors (Lipinski definition) is 3. The van der Waals surface area contributed by atoms with E-state index in [-0.39, 0.29) is 11.9 Å². The standard InChI is InChI=1S/C14H16BrFN2S/c1-18(8-10-4-5-19-9-10)14(7-17)12-6-11(15)2-3-13(12)16/h2-6,9,14H,7-8,17H2,1H3. The van der Waals surface area contributed by atoms with Crippen molar-refractivity contribution in [2.75, 3.05) is 13.6 Å². The van der Waals surface area contributed by atoms with Crippen molar-refractivity contribution in [3.63, 3.8) is 0 Å². The van der Waals surface area contributed by atoms with E-state index in [2.05, 4.69) is 32.3 Å². The lowest BCUT2D eigenvalue weighted by atomic mass is 10.0. The summed E-state index contributed by atoms with van der Waals surface area (Å²) in [5.41, 5.74) is 7.69. The summed E-state index contributed by atoms with van der Waals surface area (Å²) in [4.78, 5) is 2.08. The number of nitrogens with two attached hydrogens (primary N) is 1. The second-order valence-electron chi connectivity index (χ2n) is 4.46. The second-order valence-corrected chi connectivity index (χ2v) is 6.16. The molecule has 0 saturated carbocycles. The molecule has 0 aliphatic heterocycles. The normalized spacial score (nSPS) is 12.9. The van der Waals surface area contributed by atoms with Crippen LogP contribution in [0.5, 0.6) is 0 Å². The summed E-state index contributed by atoms with van der Waals surface area (Å²) in [5, 5.41) is 4.14. The number of likely N-dealkylation sites (N-methyl/N-ethyl adjacent to an activating group) is 1. The minimum Gasteiger partial charge on any atom is -0.329 e. The zero-order chi connectivity index (χ0) is 13.8. The van der Waals surface area contributed by atoms with Gasteiger partial charge in [-0.25, -0.2) is 4.39 Å². The van der Waals surface area contributed by atoms with E-state index < -0.39 is 0 Å². The smallest absolute Gasteiger partial charge is 0.128 e. The van der Waals surface area contributed by atoms with E-state index >= 15 is 0 Å². The fourth-order valence-electron chi connectivity index (χ4n) is 2.10. The highest BCUT2D eigenvalue weighted by Gasteiger charge is 2.19. The molecule has 2 nitrogen and oxygen atoms in total. The van der Waals surface area contributed by atoms with Crippen LogP contribution >= 0.6 is 27.3 Å². The lowest BCUT2D eigenvalue weighted by Gasteiger charge is -2.27. The Labute approximate surface area is 125 Å². The zero-order valence-electron chi connectivity index (χ0n) is 10.6. The highest BCUT2D eigenvalue weighted by molar-refractivity contribution is 9.10. The van der Waals surface area contributed by atoms with E-state index in [0.29, 0.717) is 12.1 Å². The summed E-state index contributed by atoms with van der Waals surface area (Å²) in [7, 11) is 1.97. The Morgan fingerprint density at radius 1 is 1.42 bits per heavy atom. The van der Waals surface area contributed by atoms with Gasteiger partial charge in [0.2, 0.25) is 0 Å². The molecule has 0 spiro atoms. The Kier molecular flexibility index (Phi) is 5.10. The van der Waals surface area contributed by atoms with Crippen molar-refractivity contribution < 1.29 is 4.39 Å². The lowest BCUT2D eigenvalue weighted by Crippen LogP contribution is -2.30. The molecule has 19 heavy (non-hydrogen) atoms. The van der Waals surface area contributed by atoms with Crippen LogP contribution < -0.4 is 5.73 Å². The second kappa shape index (κ2) is 6.61.